The summed E-state index contributed by atoms with van der Waals surface area (Å²) in [6.45, 7) is 3.88. The number of aromatic nitrogens is 4. The molecule has 0 unspecified atom stereocenters. The third-order valence-corrected chi connectivity index (χ3v) is 8.33. The molecule has 0 saturated carbocycles. The predicted octanol–water partition coefficient (Wildman–Crippen LogP) is 6.29. The van der Waals surface area contributed by atoms with Crippen LogP contribution in [0.15, 0.2) is 58.5 Å². The average Bonchev–Trinajstić information content (AvgIpc) is 3.36. The molecule has 2 aromatic carbocycles. The van der Waals surface area contributed by atoms with Gasteiger partial charge in [0.15, 0.2) is 0 Å². The largest absolute Gasteiger partial charge is 0.314 e. The molecule has 6 nitrogen and oxygen atoms in total. The number of hydrogen-bond acceptors (Lipinski definition) is 4. The van der Waals surface area contributed by atoms with Gasteiger partial charge in [0.2, 0.25) is 0 Å². The van der Waals surface area contributed by atoms with Gasteiger partial charge in [-0.25, -0.2) is 9.97 Å². The number of hydrogen-bond donors (Lipinski definition) is 0. The third kappa shape index (κ3) is 6.00. The molecule has 6 rings (SSSR count). The van der Waals surface area contributed by atoms with Crippen molar-refractivity contribution in [2.24, 2.45) is 9.98 Å². The molecule has 4 heterocycles. The highest BCUT2D eigenvalue weighted by atomic mass is 15.1. The van der Waals surface area contributed by atoms with Crippen LogP contribution in [0.5, 0.6) is 0 Å². The van der Waals surface area contributed by atoms with Crippen molar-refractivity contribution in [3.63, 3.8) is 0 Å². The van der Waals surface area contributed by atoms with E-state index in [-0.39, 0.29) is 0 Å². The lowest BCUT2D eigenvalue weighted by Gasteiger charge is -2.13. The van der Waals surface area contributed by atoms with Crippen LogP contribution in [-0.4, -0.2) is 32.2 Å². The van der Waals surface area contributed by atoms with Gasteiger partial charge in [-0.1, -0.05) is 56.4 Å². The Kier molecular flexibility index (Phi) is 8.47. The summed E-state index contributed by atoms with van der Waals surface area (Å²) in [7, 11) is 0. The number of fused-ring (bicyclic) bond motifs is 4. The van der Waals surface area contributed by atoms with Gasteiger partial charge in [-0.15, -0.1) is 0 Å². The predicted molar refractivity (Wildman–Crippen MR) is 159 cm³/mol. The van der Waals surface area contributed by atoms with E-state index in [0.717, 1.165) is 73.9 Å². The molecule has 204 valence electrons. The standard InChI is InChI=1S/C33H42N6/c1(2-12-22-34-32-26-16-8-10-18-28(26)36-30-20-6-4-14-24-38(30)32)3-13-23-35-33-27-17-9-11-19-29(27)37-31-21-7-5-15-25-39(31)33/h8-11,16-19H,1-7,12-15,20-25H2. The van der Waals surface area contributed by atoms with Crippen molar-refractivity contribution in [1.82, 2.24) is 19.1 Å². The van der Waals surface area contributed by atoms with Crippen LogP contribution < -0.4 is 11.0 Å². The maximum Gasteiger partial charge on any atom is 0.138 e. The first-order valence-corrected chi connectivity index (χ1v) is 15.4. The highest BCUT2D eigenvalue weighted by Crippen LogP contribution is 2.16. The lowest BCUT2D eigenvalue weighted by Crippen LogP contribution is -2.26. The van der Waals surface area contributed by atoms with Crippen LogP contribution in [0, 0.1) is 0 Å². The maximum absolute atomic E-state index is 5.14. The number of rotatable bonds is 8. The molecule has 6 heteroatoms. The van der Waals surface area contributed by atoms with Crippen LogP contribution in [0.3, 0.4) is 0 Å². The lowest BCUT2D eigenvalue weighted by atomic mass is 10.1. The van der Waals surface area contributed by atoms with Crippen molar-refractivity contribution in [3.8, 4) is 0 Å². The van der Waals surface area contributed by atoms with Gasteiger partial charge in [0.1, 0.15) is 22.6 Å². The Bertz CT molecular complexity index is 1440. The van der Waals surface area contributed by atoms with Crippen molar-refractivity contribution in [2.45, 2.75) is 96.6 Å². The molecule has 0 saturated heterocycles. The average molecular weight is 523 g/mol. The number of unbranched alkanes of at least 4 members (excludes halogenated alkanes) is 4. The van der Waals surface area contributed by atoms with Gasteiger partial charge < -0.3 is 9.13 Å². The minimum absolute atomic E-state index is 0.892. The Morgan fingerprint density at radius 1 is 0.538 bits per heavy atom. The highest BCUT2D eigenvalue weighted by Gasteiger charge is 2.13. The van der Waals surface area contributed by atoms with E-state index in [9.17, 15) is 0 Å². The maximum atomic E-state index is 5.14. The zero-order valence-corrected chi connectivity index (χ0v) is 23.3. The fraction of sp³-hybridized carbons (Fsp3) is 0.515. The Labute approximate surface area is 231 Å². The molecule has 2 aliphatic heterocycles. The third-order valence-electron chi connectivity index (χ3n) is 8.33. The SMILES string of the molecule is c1ccc2c(=NCCCCCCCN=c3c4ccccc4nc4n3CCCCC4)n3c(nc2c1)CCCCC3. The lowest BCUT2D eigenvalue weighted by molar-refractivity contribution is 0.584. The summed E-state index contributed by atoms with van der Waals surface area (Å²) in [5.41, 5.74) is 4.48. The molecule has 2 aliphatic rings. The molecular formula is C33H42N6. The van der Waals surface area contributed by atoms with Crippen LogP contribution >= 0.6 is 0 Å². The number of benzene rings is 2. The molecule has 4 aromatic rings. The van der Waals surface area contributed by atoms with Gasteiger partial charge in [-0.3, -0.25) is 9.98 Å². The normalized spacial score (nSPS) is 16.7. The highest BCUT2D eigenvalue weighted by molar-refractivity contribution is 5.77. The van der Waals surface area contributed by atoms with Crippen LogP contribution in [0.25, 0.3) is 21.8 Å². The van der Waals surface area contributed by atoms with Crippen molar-refractivity contribution in [1.29, 1.82) is 0 Å². The van der Waals surface area contributed by atoms with E-state index < -0.39 is 0 Å². The molecule has 0 radical (unpaired) electrons. The minimum Gasteiger partial charge on any atom is -0.314 e. The van der Waals surface area contributed by atoms with Crippen molar-refractivity contribution in [2.75, 3.05) is 13.1 Å². The van der Waals surface area contributed by atoms with E-state index in [0.29, 0.717) is 0 Å². The van der Waals surface area contributed by atoms with Crippen LogP contribution in [0.2, 0.25) is 0 Å². The van der Waals surface area contributed by atoms with Crippen LogP contribution in [0.1, 0.15) is 82.3 Å². The van der Waals surface area contributed by atoms with Crippen molar-refractivity contribution in [3.05, 3.63) is 71.2 Å². The summed E-state index contributed by atoms with van der Waals surface area (Å²) < 4.78 is 4.80. The first-order valence-electron chi connectivity index (χ1n) is 15.4. The van der Waals surface area contributed by atoms with E-state index in [1.54, 1.807) is 0 Å². The van der Waals surface area contributed by atoms with E-state index >= 15 is 0 Å². The molecule has 0 amide bonds. The molecule has 0 spiro atoms. The first kappa shape index (κ1) is 26.0. The Morgan fingerprint density at radius 3 is 1.51 bits per heavy atom. The van der Waals surface area contributed by atoms with Gasteiger partial charge in [-0.05, 0) is 62.8 Å². The molecule has 0 aliphatic carbocycles. The Balaban J connectivity index is 1.06. The van der Waals surface area contributed by atoms with E-state index in [4.69, 9.17) is 20.0 Å². The molecule has 2 aromatic heterocycles. The van der Waals surface area contributed by atoms with Crippen LogP contribution in [0.4, 0.5) is 0 Å². The van der Waals surface area contributed by atoms with Gasteiger partial charge in [-0.2, -0.15) is 0 Å². The molecular weight excluding hydrogens is 480 g/mol. The molecule has 0 fully saturated rings. The topological polar surface area (TPSA) is 60.4 Å². The van der Waals surface area contributed by atoms with E-state index in [2.05, 4.69) is 57.7 Å². The fourth-order valence-electron chi connectivity index (χ4n) is 6.23. The molecule has 0 N–H and O–H groups in total. The van der Waals surface area contributed by atoms with Crippen LogP contribution in [-0.2, 0) is 25.9 Å². The summed E-state index contributed by atoms with van der Waals surface area (Å²) in [4.78, 5) is 20.2. The van der Waals surface area contributed by atoms with E-state index in [1.165, 1.54) is 80.2 Å². The quantitative estimate of drug-likeness (QED) is 0.255. The summed E-state index contributed by atoms with van der Waals surface area (Å²) in [5.74, 6) is 2.43. The molecule has 0 bridgehead atoms. The minimum atomic E-state index is 0.892. The Hall–Kier alpha value is -3.28. The Morgan fingerprint density at radius 2 is 1.00 bits per heavy atom. The summed E-state index contributed by atoms with van der Waals surface area (Å²) >= 11 is 0. The van der Waals surface area contributed by atoms with Gasteiger partial charge in [0.25, 0.3) is 0 Å². The van der Waals surface area contributed by atoms with Crippen molar-refractivity contribution >= 4 is 21.8 Å². The smallest absolute Gasteiger partial charge is 0.138 e. The molecule has 0 atom stereocenters. The first-order chi connectivity index (χ1) is 19.4. The zero-order chi connectivity index (χ0) is 26.3. The van der Waals surface area contributed by atoms with Gasteiger partial charge in [0, 0.05) is 49.8 Å². The zero-order valence-electron chi connectivity index (χ0n) is 23.3. The summed E-state index contributed by atoms with van der Waals surface area (Å²) in [6.07, 6.45) is 15.6. The second kappa shape index (κ2) is 12.7. The number of aryl methyl sites for hydroxylation is 2. The fourth-order valence-corrected chi connectivity index (χ4v) is 6.23. The second-order valence-corrected chi connectivity index (χ2v) is 11.2. The van der Waals surface area contributed by atoms with E-state index in [1.807, 2.05) is 0 Å². The molecule has 39 heavy (non-hydrogen) atoms. The summed E-state index contributed by atoms with van der Waals surface area (Å²) in [6, 6.07) is 17.0. The van der Waals surface area contributed by atoms with Crippen molar-refractivity contribution < 1.29 is 0 Å². The number of nitrogens with zero attached hydrogens (tertiary/aromatic N) is 6. The number of para-hydroxylation sites is 2. The summed E-state index contributed by atoms with van der Waals surface area (Å²) in [5, 5.41) is 2.40. The van der Waals surface area contributed by atoms with Gasteiger partial charge in [0.05, 0.1) is 11.0 Å². The monoisotopic (exact) mass is 522 g/mol. The second-order valence-electron chi connectivity index (χ2n) is 11.2. The van der Waals surface area contributed by atoms with Gasteiger partial charge >= 0.3 is 0 Å².